The van der Waals surface area contributed by atoms with Crippen molar-refractivity contribution in [3.05, 3.63) is 0 Å². The average Bonchev–Trinajstić information content (AvgIpc) is 2.54. The van der Waals surface area contributed by atoms with Gasteiger partial charge in [-0.3, -0.25) is 14.5 Å². The van der Waals surface area contributed by atoms with Crippen LogP contribution in [-0.4, -0.2) is 52.4 Å². The molecule has 4 amide bonds. The predicted molar refractivity (Wildman–Crippen MR) is 57.5 cm³/mol. The van der Waals surface area contributed by atoms with E-state index in [1.165, 1.54) is 0 Å². The molecule has 1 aliphatic carbocycles. The number of nitrogens with one attached hydrogen (secondary N) is 2. The van der Waals surface area contributed by atoms with E-state index in [9.17, 15) is 19.2 Å². The molecule has 1 heterocycles. The molecule has 0 bridgehead atoms. The quantitative estimate of drug-likeness (QED) is 0.538. The summed E-state index contributed by atoms with van der Waals surface area (Å²) in [6, 6.07) is -0.631. The van der Waals surface area contributed by atoms with E-state index in [4.69, 9.17) is 5.11 Å². The maximum atomic E-state index is 11.7. The maximum absolute atomic E-state index is 11.7. The highest BCUT2D eigenvalue weighted by Crippen LogP contribution is 2.31. The van der Waals surface area contributed by atoms with Gasteiger partial charge >= 0.3 is 12.0 Å². The number of nitrogens with zero attached hydrogens (tertiary/aromatic N) is 1. The number of carbonyl (C=O) groups excluding carboxylic acids is 3. The van der Waals surface area contributed by atoms with E-state index in [1.807, 2.05) is 0 Å². The summed E-state index contributed by atoms with van der Waals surface area (Å²) in [6.07, 6.45) is 1.47. The summed E-state index contributed by atoms with van der Waals surface area (Å²) in [5, 5.41) is 13.7. The zero-order valence-electron chi connectivity index (χ0n) is 9.56. The molecule has 0 aromatic carbocycles. The van der Waals surface area contributed by atoms with Gasteiger partial charge in [-0.2, -0.15) is 0 Å². The number of carboxylic acids is 1. The van der Waals surface area contributed by atoms with Crippen LogP contribution in [-0.2, 0) is 14.4 Å². The Hall–Kier alpha value is -2.12. The van der Waals surface area contributed by atoms with Crippen LogP contribution in [0.1, 0.15) is 19.3 Å². The molecule has 0 aromatic heterocycles. The highest BCUT2D eigenvalue weighted by molar-refractivity contribution is 6.04. The third-order valence-electron chi connectivity index (χ3n) is 3.23. The van der Waals surface area contributed by atoms with Gasteiger partial charge in [0.1, 0.15) is 12.1 Å². The van der Waals surface area contributed by atoms with Crippen LogP contribution in [0, 0.1) is 0 Å². The molecule has 1 saturated heterocycles. The Bertz CT molecular complexity index is 413. The summed E-state index contributed by atoms with van der Waals surface area (Å²) >= 11 is 0. The lowest BCUT2D eigenvalue weighted by molar-refractivity contribution is -0.151. The van der Waals surface area contributed by atoms with Gasteiger partial charge in [0.25, 0.3) is 5.91 Å². The van der Waals surface area contributed by atoms with Crippen LogP contribution in [0.2, 0.25) is 0 Å². The second kappa shape index (κ2) is 4.28. The van der Waals surface area contributed by atoms with Crippen molar-refractivity contribution < 1.29 is 24.3 Å². The topological polar surface area (TPSA) is 116 Å². The molecule has 8 nitrogen and oxygen atoms in total. The van der Waals surface area contributed by atoms with E-state index in [2.05, 4.69) is 10.6 Å². The second-order valence-corrected chi connectivity index (χ2v) is 4.43. The zero-order valence-corrected chi connectivity index (χ0v) is 9.56. The summed E-state index contributed by atoms with van der Waals surface area (Å²) < 4.78 is 0. The van der Waals surface area contributed by atoms with E-state index < -0.39 is 35.9 Å². The first kappa shape index (κ1) is 12.3. The van der Waals surface area contributed by atoms with E-state index in [-0.39, 0.29) is 6.54 Å². The molecule has 2 fully saturated rings. The minimum Gasteiger partial charge on any atom is -0.480 e. The molecule has 1 saturated carbocycles. The molecule has 0 spiro atoms. The first-order chi connectivity index (χ1) is 8.44. The lowest BCUT2D eigenvalue weighted by Gasteiger charge is -2.38. The number of carbonyl (C=O) groups is 4. The fraction of sp³-hybridized carbons (Fsp3) is 0.600. The fourth-order valence-corrected chi connectivity index (χ4v) is 1.99. The minimum absolute atomic E-state index is 0.129. The molecular weight excluding hydrogens is 242 g/mol. The van der Waals surface area contributed by atoms with Crippen LogP contribution in [0.4, 0.5) is 4.79 Å². The van der Waals surface area contributed by atoms with E-state index >= 15 is 0 Å². The average molecular weight is 255 g/mol. The van der Waals surface area contributed by atoms with Crippen molar-refractivity contribution in [2.75, 3.05) is 13.1 Å². The number of aliphatic carboxylic acids is 1. The molecule has 8 heteroatoms. The van der Waals surface area contributed by atoms with Gasteiger partial charge in [0.15, 0.2) is 0 Å². The van der Waals surface area contributed by atoms with Gasteiger partial charge in [0.2, 0.25) is 5.91 Å². The van der Waals surface area contributed by atoms with Crippen molar-refractivity contribution in [2.24, 2.45) is 0 Å². The summed E-state index contributed by atoms with van der Waals surface area (Å²) in [7, 11) is 0. The van der Waals surface area contributed by atoms with Crippen LogP contribution >= 0.6 is 0 Å². The highest BCUT2D eigenvalue weighted by atomic mass is 16.4. The van der Waals surface area contributed by atoms with Gasteiger partial charge in [-0.15, -0.1) is 0 Å². The standard InChI is InChI=1S/C10H13N3O5/c14-6(5-13-7(15)4-11-9(13)18)12-10(8(16)17)2-1-3-10/h1-5H2,(H,11,18)(H,12,14)(H,16,17). The Labute approximate surface area is 102 Å². The van der Waals surface area contributed by atoms with E-state index in [0.717, 1.165) is 11.3 Å². The Morgan fingerprint density at radius 1 is 1.39 bits per heavy atom. The van der Waals surface area contributed by atoms with Gasteiger partial charge in [0.05, 0.1) is 6.54 Å². The number of amides is 4. The van der Waals surface area contributed by atoms with Crippen LogP contribution in [0.5, 0.6) is 0 Å². The van der Waals surface area contributed by atoms with Crippen molar-refractivity contribution in [1.82, 2.24) is 15.5 Å². The molecule has 0 aromatic rings. The molecule has 18 heavy (non-hydrogen) atoms. The summed E-state index contributed by atoms with van der Waals surface area (Å²) in [4.78, 5) is 45.9. The normalized spacial score (nSPS) is 21.2. The SMILES string of the molecule is O=C(CN1C(=O)CNC1=O)NC1(C(=O)O)CCC1. The Morgan fingerprint density at radius 2 is 2.06 bits per heavy atom. The second-order valence-electron chi connectivity index (χ2n) is 4.43. The van der Waals surface area contributed by atoms with Crippen LogP contribution < -0.4 is 10.6 Å². The third kappa shape index (κ3) is 2.01. The highest BCUT2D eigenvalue weighted by Gasteiger charge is 2.46. The maximum Gasteiger partial charge on any atom is 0.329 e. The van der Waals surface area contributed by atoms with Crippen molar-refractivity contribution in [1.29, 1.82) is 0 Å². The van der Waals surface area contributed by atoms with Gasteiger partial charge < -0.3 is 15.7 Å². The van der Waals surface area contributed by atoms with Crippen molar-refractivity contribution in [2.45, 2.75) is 24.8 Å². The largest absolute Gasteiger partial charge is 0.480 e. The number of imide groups is 1. The lowest BCUT2D eigenvalue weighted by Crippen LogP contribution is -2.60. The molecule has 98 valence electrons. The number of hydrogen-bond acceptors (Lipinski definition) is 4. The zero-order chi connectivity index (χ0) is 13.3. The van der Waals surface area contributed by atoms with Gasteiger partial charge in [0, 0.05) is 0 Å². The van der Waals surface area contributed by atoms with Crippen LogP contribution in [0.15, 0.2) is 0 Å². The van der Waals surface area contributed by atoms with Gasteiger partial charge in [-0.1, -0.05) is 0 Å². The van der Waals surface area contributed by atoms with Crippen LogP contribution in [0.25, 0.3) is 0 Å². The number of rotatable bonds is 4. The molecule has 2 aliphatic rings. The molecule has 0 atom stereocenters. The van der Waals surface area contributed by atoms with Gasteiger partial charge in [-0.05, 0) is 19.3 Å². The molecular formula is C10H13N3O5. The summed E-state index contributed by atoms with van der Waals surface area (Å²) in [5.41, 5.74) is -1.23. The van der Waals surface area contributed by atoms with E-state index in [0.29, 0.717) is 12.8 Å². The number of carboxylic acid groups (broad SMARTS) is 1. The molecule has 2 rings (SSSR count). The van der Waals surface area contributed by atoms with Crippen molar-refractivity contribution in [3.63, 3.8) is 0 Å². The monoisotopic (exact) mass is 255 g/mol. The fourth-order valence-electron chi connectivity index (χ4n) is 1.99. The Morgan fingerprint density at radius 3 is 2.44 bits per heavy atom. The first-order valence-electron chi connectivity index (χ1n) is 5.57. The van der Waals surface area contributed by atoms with Crippen molar-refractivity contribution >= 4 is 23.8 Å². The van der Waals surface area contributed by atoms with Gasteiger partial charge in [-0.25, -0.2) is 9.59 Å². The summed E-state index contributed by atoms with van der Waals surface area (Å²) in [5.74, 6) is -2.21. The lowest BCUT2D eigenvalue weighted by atomic mass is 9.77. The first-order valence-corrected chi connectivity index (χ1v) is 5.57. The molecule has 0 radical (unpaired) electrons. The molecule has 1 aliphatic heterocycles. The molecule has 3 N–H and O–H groups in total. The number of hydrogen-bond donors (Lipinski definition) is 3. The Kier molecular flexibility index (Phi) is 2.93. The third-order valence-corrected chi connectivity index (χ3v) is 3.23. The predicted octanol–water partition coefficient (Wildman–Crippen LogP) is -1.34. The van der Waals surface area contributed by atoms with E-state index in [1.54, 1.807) is 0 Å². The van der Waals surface area contributed by atoms with Crippen molar-refractivity contribution in [3.8, 4) is 0 Å². The number of urea groups is 1. The summed E-state index contributed by atoms with van der Waals surface area (Å²) in [6.45, 7) is -0.574. The minimum atomic E-state index is -1.23. The van der Waals surface area contributed by atoms with Crippen LogP contribution in [0.3, 0.4) is 0 Å². The molecule has 0 unspecified atom stereocenters. The Balaban J connectivity index is 1.94. The smallest absolute Gasteiger partial charge is 0.329 e.